The average molecular weight is 343 g/mol. The Kier molecular flexibility index (Phi) is 6.17. The fraction of sp³-hybridized carbons (Fsp3) is 0.579. The van der Waals surface area contributed by atoms with E-state index in [1.165, 1.54) is 11.3 Å². The summed E-state index contributed by atoms with van der Waals surface area (Å²) in [6, 6.07) is 13.0. The third-order valence-electron chi connectivity index (χ3n) is 5.03. The zero-order chi connectivity index (χ0) is 16.8. The Morgan fingerprint density at radius 3 is 2.92 bits per heavy atom. The Balaban J connectivity index is 1.37. The van der Waals surface area contributed by atoms with Gasteiger partial charge >= 0.3 is 0 Å². The maximum atomic E-state index is 12.3. The number of amides is 1. The summed E-state index contributed by atoms with van der Waals surface area (Å²) >= 11 is 1.93. The lowest BCUT2D eigenvalue weighted by Crippen LogP contribution is -2.42. The molecule has 1 amide bonds. The van der Waals surface area contributed by atoms with E-state index in [9.17, 15) is 4.79 Å². The number of carbonyl (C=O) groups is 1. The van der Waals surface area contributed by atoms with Crippen LogP contribution in [0.3, 0.4) is 0 Å². The molecule has 4 nitrogen and oxygen atoms in total. The number of nitrogens with one attached hydrogen (secondary N) is 1. The van der Waals surface area contributed by atoms with E-state index in [1.807, 2.05) is 17.8 Å². The number of rotatable bonds is 6. The van der Waals surface area contributed by atoms with Crippen molar-refractivity contribution in [3.05, 3.63) is 30.3 Å². The summed E-state index contributed by atoms with van der Waals surface area (Å²) in [5.41, 5.74) is 0. The SMILES string of the molecule is N#C[C@@H]1CCCN1C(=O)CNC1CCC(CSc2ccccc2)C1. The molecule has 1 aromatic rings. The predicted octanol–water partition coefficient (Wildman–Crippen LogP) is 3.05. The van der Waals surface area contributed by atoms with Gasteiger partial charge in [0.25, 0.3) is 0 Å². The molecule has 2 aliphatic rings. The lowest BCUT2D eigenvalue weighted by atomic mass is 10.1. The molecule has 0 aromatic heterocycles. The highest BCUT2D eigenvalue weighted by Gasteiger charge is 2.30. The van der Waals surface area contributed by atoms with E-state index in [0.717, 1.165) is 43.9 Å². The van der Waals surface area contributed by atoms with E-state index in [1.54, 1.807) is 4.90 Å². The number of thioether (sulfide) groups is 1. The molecular formula is C19H25N3OS. The van der Waals surface area contributed by atoms with Crippen molar-refractivity contribution in [2.24, 2.45) is 5.92 Å². The second-order valence-corrected chi connectivity index (χ2v) is 7.85. The van der Waals surface area contributed by atoms with Gasteiger partial charge in [0, 0.05) is 23.2 Å². The third kappa shape index (κ3) is 4.52. The summed E-state index contributed by atoms with van der Waals surface area (Å²) in [5.74, 6) is 1.96. The second-order valence-electron chi connectivity index (χ2n) is 6.76. The van der Waals surface area contributed by atoms with E-state index in [0.29, 0.717) is 12.6 Å². The summed E-state index contributed by atoms with van der Waals surface area (Å²) in [4.78, 5) is 15.3. The van der Waals surface area contributed by atoms with Crippen molar-refractivity contribution in [2.75, 3.05) is 18.8 Å². The normalized spacial score (nSPS) is 26.5. The van der Waals surface area contributed by atoms with Crippen LogP contribution >= 0.6 is 11.8 Å². The highest BCUT2D eigenvalue weighted by atomic mass is 32.2. The standard InChI is InChI=1S/C19H25N3OS/c20-12-17-5-4-10-22(17)19(23)13-21-16-9-8-15(11-16)14-24-18-6-2-1-3-7-18/h1-3,6-7,15-17,21H,4-5,8-11,13-14H2/t15?,16?,17-/m0/s1. The van der Waals surface area contributed by atoms with E-state index in [4.69, 9.17) is 5.26 Å². The minimum absolute atomic E-state index is 0.0844. The Labute approximate surface area is 148 Å². The number of nitrogens with zero attached hydrogens (tertiary/aromatic N) is 2. The molecule has 3 atom stereocenters. The van der Waals surface area contributed by atoms with Crippen LogP contribution in [0.2, 0.25) is 0 Å². The Morgan fingerprint density at radius 2 is 2.12 bits per heavy atom. The van der Waals surface area contributed by atoms with Gasteiger partial charge in [-0.15, -0.1) is 11.8 Å². The lowest BCUT2D eigenvalue weighted by Gasteiger charge is -2.21. The maximum Gasteiger partial charge on any atom is 0.237 e. The van der Waals surface area contributed by atoms with Crippen LogP contribution in [0.1, 0.15) is 32.1 Å². The van der Waals surface area contributed by atoms with Crippen LogP contribution in [0, 0.1) is 17.2 Å². The Bertz CT molecular complexity index is 586. The second kappa shape index (κ2) is 8.55. The van der Waals surface area contributed by atoms with E-state index < -0.39 is 0 Å². The van der Waals surface area contributed by atoms with Crippen LogP contribution in [0.4, 0.5) is 0 Å². The third-order valence-corrected chi connectivity index (χ3v) is 6.28. The first-order chi connectivity index (χ1) is 11.8. The van der Waals surface area contributed by atoms with Gasteiger partial charge in [-0.1, -0.05) is 18.2 Å². The summed E-state index contributed by atoms with van der Waals surface area (Å²) in [6.07, 6.45) is 5.30. The smallest absolute Gasteiger partial charge is 0.237 e. The van der Waals surface area contributed by atoms with E-state index in [2.05, 4.69) is 35.7 Å². The molecular weight excluding hydrogens is 318 g/mol. The van der Waals surface area contributed by atoms with Crippen LogP contribution in [0.25, 0.3) is 0 Å². The van der Waals surface area contributed by atoms with Gasteiger partial charge in [0.2, 0.25) is 5.91 Å². The molecule has 24 heavy (non-hydrogen) atoms. The molecule has 3 rings (SSSR count). The molecule has 1 heterocycles. The summed E-state index contributed by atoms with van der Waals surface area (Å²) in [5, 5.41) is 12.5. The minimum atomic E-state index is -0.210. The zero-order valence-electron chi connectivity index (χ0n) is 14.0. The van der Waals surface area contributed by atoms with Crippen molar-refractivity contribution in [3.63, 3.8) is 0 Å². The Hall–Kier alpha value is -1.51. The molecule has 1 saturated heterocycles. The first kappa shape index (κ1) is 17.3. The lowest BCUT2D eigenvalue weighted by molar-refractivity contribution is -0.130. The number of carbonyl (C=O) groups excluding carboxylic acids is 1. The molecule has 2 fully saturated rings. The highest BCUT2D eigenvalue weighted by Crippen LogP contribution is 2.31. The number of likely N-dealkylation sites (tertiary alicyclic amines) is 1. The number of benzene rings is 1. The van der Waals surface area contributed by atoms with Crippen molar-refractivity contribution < 1.29 is 4.79 Å². The van der Waals surface area contributed by atoms with Crippen LogP contribution in [-0.4, -0.2) is 41.7 Å². The summed E-state index contributed by atoms with van der Waals surface area (Å²) in [6.45, 7) is 1.11. The van der Waals surface area contributed by atoms with Crippen LogP contribution in [0.15, 0.2) is 35.2 Å². The van der Waals surface area contributed by atoms with Crippen molar-refractivity contribution in [1.29, 1.82) is 5.26 Å². The van der Waals surface area contributed by atoms with Gasteiger partial charge in [0.1, 0.15) is 6.04 Å². The average Bonchev–Trinajstić information content (AvgIpc) is 3.28. The quantitative estimate of drug-likeness (QED) is 0.807. The number of hydrogen-bond acceptors (Lipinski definition) is 4. The molecule has 128 valence electrons. The minimum Gasteiger partial charge on any atom is -0.326 e. The fourth-order valence-corrected chi connectivity index (χ4v) is 4.76. The number of hydrogen-bond donors (Lipinski definition) is 1. The largest absolute Gasteiger partial charge is 0.326 e. The van der Waals surface area contributed by atoms with Gasteiger partial charge in [-0.25, -0.2) is 0 Å². The van der Waals surface area contributed by atoms with Crippen LogP contribution in [-0.2, 0) is 4.79 Å². The molecule has 0 spiro atoms. The van der Waals surface area contributed by atoms with Crippen LogP contribution < -0.4 is 5.32 Å². The van der Waals surface area contributed by atoms with Gasteiger partial charge in [-0.3, -0.25) is 4.79 Å². The van der Waals surface area contributed by atoms with Gasteiger partial charge in [0.05, 0.1) is 12.6 Å². The van der Waals surface area contributed by atoms with Gasteiger partial charge in [-0.2, -0.15) is 5.26 Å². The van der Waals surface area contributed by atoms with Crippen LogP contribution in [0.5, 0.6) is 0 Å². The topological polar surface area (TPSA) is 56.1 Å². The van der Waals surface area contributed by atoms with Crippen molar-refractivity contribution in [3.8, 4) is 6.07 Å². The molecule has 0 bridgehead atoms. The Morgan fingerprint density at radius 1 is 1.29 bits per heavy atom. The monoisotopic (exact) mass is 343 g/mol. The zero-order valence-corrected chi connectivity index (χ0v) is 14.8. The molecule has 1 saturated carbocycles. The predicted molar refractivity (Wildman–Crippen MR) is 96.6 cm³/mol. The highest BCUT2D eigenvalue weighted by molar-refractivity contribution is 7.99. The first-order valence-electron chi connectivity index (χ1n) is 8.86. The first-order valence-corrected chi connectivity index (χ1v) is 9.85. The van der Waals surface area contributed by atoms with Gasteiger partial charge < -0.3 is 10.2 Å². The number of nitriles is 1. The molecule has 1 aromatic carbocycles. The molecule has 1 aliphatic carbocycles. The molecule has 2 unspecified atom stereocenters. The van der Waals surface area contributed by atoms with Crippen molar-refractivity contribution >= 4 is 17.7 Å². The fourth-order valence-electron chi connectivity index (χ4n) is 3.68. The van der Waals surface area contributed by atoms with Gasteiger partial charge in [0.15, 0.2) is 0 Å². The summed E-state index contributed by atoms with van der Waals surface area (Å²) < 4.78 is 0. The van der Waals surface area contributed by atoms with E-state index in [-0.39, 0.29) is 11.9 Å². The maximum absolute atomic E-state index is 12.3. The van der Waals surface area contributed by atoms with Crippen molar-refractivity contribution in [1.82, 2.24) is 10.2 Å². The summed E-state index contributed by atoms with van der Waals surface area (Å²) in [7, 11) is 0. The molecule has 1 N–H and O–H groups in total. The molecule has 0 radical (unpaired) electrons. The van der Waals surface area contributed by atoms with Crippen molar-refractivity contribution in [2.45, 2.75) is 49.1 Å². The molecule has 5 heteroatoms. The van der Waals surface area contributed by atoms with E-state index >= 15 is 0 Å². The molecule has 1 aliphatic heterocycles. The van der Waals surface area contributed by atoms with Gasteiger partial charge in [-0.05, 0) is 50.2 Å².